The van der Waals surface area contributed by atoms with Crippen LogP contribution in [0.25, 0.3) is 17.0 Å². The summed E-state index contributed by atoms with van der Waals surface area (Å²) in [6, 6.07) is 3.29. The number of aromatic nitrogens is 1. The molecule has 2 aliphatic carbocycles. The summed E-state index contributed by atoms with van der Waals surface area (Å²) in [4.78, 5) is 27.2. The second-order valence-electron chi connectivity index (χ2n) is 9.03. The summed E-state index contributed by atoms with van der Waals surface area (Å²) in [7, 11) is 0. The van der Waals surface area contributed by atoms with Gasteiger partial charge in [0.1, 0.15) is 5.69 Å². The first kappa shape index (κ1) is 20.3. The molecular weight excluding hydrogens is 411 g/mol. The number of hydrogen-bond donors (Lipinski definition) is 3. The molecule has 7 heteroatoms. The van der Waals surface area contributed by atoms with Crippen molar-refractivity contribution in [3.8, 4) is 0 Å². The Morgan fingerprint density at radius 1 is 1.28 bits per heavy atom. The van der Waals surface area contributed by atoms with Crippen molar-refractivity contribution in [3.63, 3.8) is 0 Å². The van der Waals surface area contributed by atoms with Crippen LogP contribution in [0.2, 0.25) is 10.0 Å². The summed E-state index contributed by atoms with van der Waals surface area (Å²) in [5.41, 5.74) is 1.13. The van der Waals surface area contributed by atoms with Gasteiger partial charge in [0.25, 0.3) is 0 Å². The Morgan fingerprint density at radius 2 is 2.00 bits per heavy atom. The van der Waals surface area contributed by atoms with Crippen LogP contribution < -0.4 is 5.32 Å². The van der Waals surface area contributed by atoms with Crippen molar-refractivity contribution in [2.45, 2.75) is 46.1 Å². The molecule has 0 aliphatic heterocycles. The van der Waals surface area contributed by atoms with Gasteiger partial charge in [0.15, 0.2) is 0 Å². The lowest BCUT2D eigenvalue weighted by molar-refractivity contribution is -0.118. The van der Waals surface area contributed by atoms with Crippen molar-refractivity contribution < 1.29 is 14.7 Å². The number of carboxylic acid groups (broad SMARTS) is 1. The number of carbonyl (C=O) groups is 2. The van der Waals surface area contributed by atoms with E-state index in [0.717, 1.165) is 12.8 Å². The number of rotatable bonds is 4. The van der Waals surface area contributed by atoms with Crippen LogP contribution in [0.3, 0.4) is 0 Å². The van der Waals surface area contributed by atoms with Gasteiger partial charge in [0.05, 0.1) is 5.02 Å². The van der Waals surface area contributed by atoms with Crippen LogP contribution in [-0.4, -0.2) is 28.0 Å². The molecule has 1 aromatic carbocycles. The number of fused-ring (bicyclic) bond motifs is 3. The maximum atomic E-state index is 12.7. The SMILES string of the molecule is CC1(C)[C@H]2CC[C@]1(C)[C@@H](NC(=O)/C=C/c1c(C(=O)O)[nH]c3cc(Cl)cc(Cl)c13)C2. The van der Waals surface area contributed by atoms with Gasteiger partial charge in [-0.1, -0.05) is 44.0 Å². The van der Waals surface area contributed by atoms with E-state index in [4.69, 9.17) is 23.2 Å². The van der Waals surface area contributed by atoms with Gasteiger partial charge in [-0.2, -0.15) is 0 Å². The minimum atomic E-state index is -1.13. The number of benzene rings is 1. The number of aromatic carboxylic acids is 1. The third-order valence-electron chi connectivity index (χ3n) is 7.58. The number of carboxylic acids is 1. The lowest BCUT2D eigenvalue weighted by Crippen LogP contribution is -2.46. The van der Waals surface area contributed by atoms with Crippen molar-refractivity contribution in [1.29, 1.82) is 0 Å². The Morgan fingerprint density at radius 3 is 2.59 bits per heavy atom. The average Bonchev–Trinajstić information content (AvgIpc) is 3.16. The Bertz CT molecular complexity index is 1060. The molecule has 5 nitrogen and oxygen atoms in total. The van der Waals surface area contributed by atoms with Crippen molar-refractivity contribution in [3.05, 3.63) is 39.5 Å². The molecule has 0 spiro atoms. The molecule has 4 rings (SSSR count). The number of halogens is 2. The third-order valence-corrected chi connectivity index (χ3v) is 8.10. The lowest BCUT2D eigenvalue weighted by Gasteiger charge is -2.39. The zero-order chi connectivity index (χ0) is 21.1. The highest BCUT2D eigenvalue weighted by atomic mass is 35.5. The fourth-order valence-corrected chi connectivity index (χ4v) is 6.00. The molecule has 1 aromatic heterocycles. The Labute approximate surface area is 179 Å². The monoisotopic (exact) mass is 434 g/mol. The van der Waals surface area contributed by atoms with Crippen LogP contribution >= 0.6 is 23.2 Å². The van der Waals surface area contributed by atoms with Gasteiger partial charge in [-0.15, -0.1) is 0 Å². The highest BCUT2D eigenvalue weighted by molar-refractivity contribution is 6.39. The second kappa shape index (κ2) is 6.78. The molecule has 2 saturated carbocycles. The van der Waals surface area contributed by atoms with Gasteiger partial charge in [-0.3, -0.25) is 4.79 Å². The van der Waals surface area contributed by atoms with Crippen molar-refractivity contribution in [1.82, 2.24) is 10.3 Å². The molecule has 3 N–H and O–H groups in total. The summed E-state index contributed by atoms with van der Waals surface area (Å²) in [6.45, 7) is 6.86. The van der Waals surface area contributed by atoms with E-state index in [9.17, 15) is 14.7 Å². The largest absolute Gasteiger partial charge is 0.477 e. The number of hydrogen-bond acceptors (Lipinski definition) is 2. The normalized spacial score (nSPS) is 27.8. The maximum absolute atomic E-state index is 12.7. The van der Waals surface area contributed by atoms with E-state index in [-0.39, 0.29) is 28.5 Å². The maximum Gasteiger partial charge on any atom is 0.352 e. The van der Waals surface area contributed by atoms with E-state index in [1.54, 1.807) is 12.1 Å². The molecule has 3 atom stereocenters. The number of amides is 1. The second-order valence-corrected chi connectivity index (χ2v) is 9.88. The third kappa shape index (κ3) is 3.06. The molecule has 154 valence electrons. The predicted molar refractivity (Wildman–Crippen MR) is 115 cm³/mol. The first-order chi connectivity index (χ1) is 13.5. The molecule has 2 fully saturated rings. The molecule has 1 amide bonds. The van der Waals surface area contributed by atoms with Crippen molar-refractivity contribution >= 4 is 52.1 Å². The van der Waals surface area contributed by atoms with E-state index < -0.39 is 5.97 Å². The summed E-state index contributed by atoms with van der Waals surface area (Å²) in [5.74, 6) is -0.733. The van der Waals surface area contributed by atoms with Crippen LogP contribution in [-0.2, 0) is 4.79 Å². The van der Waals surface area contributed by atoms with Crippen molar-refractivity contribution in [2.75, 3.05) is 0 Å². The molecule has 2 aliphatic rings. The zero-order valence-corrected chi connectivity index (χ0v) is 18.1. The lowest BCUT2D eigenvalue weighted by atomic mass is 9.69. The number of carbonyl (C=O) groups excluding carboxylic acids is 1. The molecule has 0 saturated heterocycles. The Kier molecular flexibility index (Phi) is 4.74. The number of H-pyrrole nitrogens is 1. The van der Waals surface area contributed by atoms with Gasteiger partial charge in [-0.25, -0.2) is 4.79 Å². The number of aromatic amines is 1. The summed E-state index contributed by atoms with van der Waals surface area (Å²) in [5, 5.41) is 14.0. The van der Waals surface area contributed by atoms with Crippen molar-refractivity contribution in [2.24, 2.45) is 16.7 Å². The summed E-state index contributed by atoms with van der Waals surface area (Å²) < 4.78 is 0. The van der Waals surface area contributed by atoms with Crippen LogP contribution in [0.4, 0.5) is 0 Å². The fourth-order valence-electron chi connectivity index (χ4n) is 5.41. The molecular formula is C22H24Cl2N2O3. The standard InChI is InChI=1S/C22H24Cl2N2O3/c1-21(2)11-6-7-22(21,3)16(8-11)26-17(27)5-4-13-18-14(24)9-12(23)10-15(18)25-19(13)20(28)29/h4-5,9-11,16,25H,6-8H2,1-3H3,(H,26,27)(H,28,29)/b5-4+/t11-,16-,22+/m0/s1. The van der Waals surface area contributed by atoms with Gasteiger partial charge in [-0.05, 0) is 54.2 Å². The van der Waals surface area contributed by atoms with Gasteiger partial charge in [0.2, 0.25) is 5.91 Å². The van der Waals surface area contributed by atoms with Gasteiger partial charge < -0.3 is 15.4 Å². The first-order valence-corrected chi connectivity index (χ1v) is 10.5. The van der Waals surface area contributed by atoms with Crippen LogP contribution in [0.1, 0.15) is 56.1 Å². The van der Waals surface area contributed by atoms with E-state index in [1.807, 2.05) is 0 Å². The molecule has 0 unspecified atom stereocenters. The zero-order valence-electron chi connectivity index (χ0n) is 16.6. The molecule has 29 heavy (non-hydrogen) atoms. The highest BCUT2D eigenvalue weighted by Crippen LogP contribution is 2.65. The van der Waals surface area contributed by atoms with Crippen LogP contribution in [0.15, 0.2) is 18.2 Å². The van der Waals surface area contributed by atoms with E-state index in [2.05, 4.69) is 31.1 Å². The molecule has 1 heterocycles. The van der Waals surface area contributed by atoms with Gasteiger partial charge in [0, 0.05) is 33.6 Å². The van der Waals surface area contributed by atoms with E-state index >= 15 is 0 Å². The smallest absolute Gasteiger partial charge is 0.352 e. The summed E-state index contributed by atoms with van der Waals surface area (Å²) in [6.07, 6.45) is 6.21. The van der Waals surface area contributed by atoms with Crippen LogP contribution in [0.5, 0.6) is 0 Å². The first-order valence-electron chi connectivity index (χ1n) is 9.77. The Balaban J connectivity index is 1.61. The minimum absolute atomic E-state index is 0.0266. The predicted octanol–water partition coefficient (Wildman–Crippen LogP) is 5.52. The van der Waals surface area contributed by atoms with E-state index in [1.165, 1.54) is 18.6 Å². The minimum Gasteiger partial charge on any atom is -0.477 e. The molecule has 2 aromatic rings. The Hall–Kier alpha value is -1.98. The number of nitrogens with one attached hydrogen (secondary N) is 2. The fraction of sp³-hybridized carbons (Fsp3) is 0.455. The molecule has 0 radical (unpaired) electrons. The summed E-state index contributed by atoms with van der Waals surface area (Å²) >= 11 is 12.3. The van der Waals surface area contributed by atoms with Gasteiger partial charge >= 0.3 is 5.97 Å². The van der Waals surface area contributed by atoms with E-state index in [0.29, 0.717) is 32.4 Å². The average molecular weight is 435 g/mol. The topological polar surface area (TPSA) is 82.2 Å². The molecule has 2 bridgehead atoms. The highest BCUT2D eigenvalue weighted by Gasteiger charge is 2.61. The quantitative estimate of drug-likeness (QED) is 0.554. The van der Waals surface area contributed by atoms with Crippen LogP contribution in [0, 0.1) is 16.7 Å².